The number of terminal acetylenes is 1. The maximum Gasteiger partial charge on any atom is 0.129 e. The SMILES string of the molecule is C#CC[C@@H](O)/C=C/C=C/C#CCCCCC(C)=O. The summed E-state index contributed by atoms with van der Waals surface area (Å²) in [6.45, 7) is 1.61. The summed E-state index contributed by atoms with van der Waals surface area (Å²) in [6, 6.07) is 0. The van der Waals surface area contributed by atoms with Crippen molar-refractivity contribution in [2.24, 2.45) is 0 Å². The van der Waals surface area contributed by atoms with Crippen LogP contribution in [0.1, 0.15) is 39.0 Å². The fourth-order valence-corrected chi connectivity index (χ4v) is 1.20. The van der Waals surface area contributed by atoms with Gasteiger partial charge in [0.05, 0.1) is 6.10 Å². The van der Waals surface area contributed by atoms with Crippen molar-refractivity contribution in [2.45, 2.75) is 45.1 Å². The number of Topliss-reactive ketones (excluding diaryl/α,β-unsaturated/α-hetero) is 1. The van der Waals surface area contributed by atoms with Gasteiger partial charge in [0.15, 0.2) is 0 Å². The molecule has 18 heavy (non-hydrogen) atoms. The highest BCUT2D eigenvalue weighted by molar-refractivity contribution is 5.75. The molecule has 0 aromatic heterocycles. The predicted molar refractivity (Wildman–Crippen MR) is 74.7 cm³/mol. The lowest BCUT2D eigenvalue weighted by molar-refractivity contribution is -0.117. The largest absolute Gasteiger partial charge is 0.388 e. The van der Waals surface area contributed by atoms with Gasteiger partial charge < -0.3 is 9.90 Å². The molecule has 0 aromatic carbocycles. The summed E-state index contributed by atoms with van der Waals surface area (Å²) in [5, 5.41) is 9.27. The first-order chi connectivity index (χ1) is 8.66. The number of aliphatic hydroxyl groups is 1. The molecule has 2 nitrogen and oxygen atoms in total. The van der Waals surface area contributed by atoms with Crippen molar-refractivity contribution >= 4 is 5.78 Å². The van der Waals surface area contributed by atoms with Crippen LogP contribution in [0.15, 0.2) is 24.3 Å². The molecular formula is C16H20O2. The molecule has 0 aliphatic heterocycles. The summed E-state index contributed by atoms with van der Waals surface area (Å²) < 4.78 is 0. The highest BCUT2D eigenvalue weighted by Crippen LogP contribution is 1.98. The Morgan fingerprint density at radius 1 is 1.39 bits per heavy atom. The number of carbonyl (C=O) groups is 1. The van der Waals surface area contributed by atoms with Crippen LogP contribution in [0.5, 0.6) is 0 Å². The molecule has 0 unspecified atom stereocenters. The molecule has 0 saturated carbocycles. The number of hydrogen-bond acceptors (Lipinski definition) is 2. The van der Waals surface area contributed by atoms with Gasteiger partial charge in [0.1, 0.15) is 5.78 Å². The van der Waals surface area contributed by atoms with Crippen molar-refractivity contribution < 1.29 is 9.90 Å². The van der Waals surface area contributed by atoms with E-state index in [1.165, 1.54) is 0 Å². The number of ketones is 1. The Kier molecular flexibility index (Phi) is 10.6. The van der Waals surface area contributed by atoms with Crippen LogP contribution in [0.25, 0.3) is 0 Å². The summed E-state index contributed by atoms with van der Waals surface area (Å²) in [7, 11) is 0. The minimum Gasteiger partial charge on any atom is -0.388 e. The topological polar surface area (TPSA) is 37.3 Å². The normalized spacial score (nSPS) is 12.1. The van der Waals surface area contributed by atoms with Crippen LogP contribution in [0.2, 0.25) is 0 Å². The summed E-state index contributed by atoms with van der Waals surface area (Å²) >= 11 is 0. The van der Waals surface area contributed by atoms with Crippen LogP contribution in [0, 0.1) is 24.2 Å². The molecule has 96 valence electrons. The van der Waals surface area contributed by atoms with Crippen molar-refractivity contribution in [3.05, 3.63) is 24.3 Å². The third kappa shape index (κ3) is 12.3. The maximum absolute atomic E-state index is 10.7. The molecule has 0 spiro atoms. The van der Waals surface area contributed by atoms with Gasteiger partial charge >= 0.3 is 0 Å². The number of hydrogen-bond donors (Lipinski definition) is 1. The monoisotopic (exact) mass is 244 g/mol. The van der Waals surface area contributed by atoms with E-state index in [4.69, 9.17) is 6.42 Å². The molecular weight excluding hydrogens is 224 g/mol. The minimum atomic E-state index is -0.584. The van der Waals surface area contributed by atoms with E-state index in [0.29, 0.717) is 12.8 Å². The number of aliphatic hydroxyl groups excluding tert-OH is 1. The third-order valence-electron chi connectivity index (χ3n) is 2.13. The van der Waals surface area contributed by atoms with Gasteiger partial charge in [-0.25, -0.2) is 0 Å². The zero-order valence-corrected chi connectivity index (χ0v) is 10.9. The van der Waals surface area contributed by atoms with Gasteiger partial charge in [-0.1, -0.05) is 30.1 Å². The van der Waals surface area contributed by atoms with Gasteiger partial charge in [-0.3, -0.25) is 0 Å². The van der Waals surface area contributed by atoms with E-state index in [2.05, 4.69) is 17.8 Å². The van der Waals surface area contributed by atoms with Crippen LogP contribution < -0.4 is 0 Å². The van der Waals surface area contributed by atoms with E-state index in [1.807, 2.05) is 0 Å². The lowest BCUT2D eigenvalue weighted by atomic mass is 10.1. The Balaban J connectivity index is 3.64. The molecule has 1 N–H and O–H groups in total. The van der Waals surface area contributed by atoms with Gasteiger partial charge in [-0.05, 0) is 25.8 Å². The van der Waals surface area contributed by atoms with E-state index >= 15 is 0 Å². The predicted octanol–water partition coefficient (Wildman–Crippen LogP) is 2.64. The van der Waals surface area contributed by atoms with Crippen molar-refractivity contribution in [3.8, 4) is 24.2 Å². The Morgan fingerprint density at radius 2 is 2.17 bits per heavy atom. The van der Waals surface area contributed by atoms with Crippen LogP contribution >= 0.6 is 0 Å². The van der Waals surface area contributed by atoms with Crippen molar-refractivity contribution in [2.75, 3.05) is 0 Å². The molecule has 0 fully saturated rings. The van der Waals surface area contributed by atoms with Crippen molar-refractivity contribution in [1.82, 2.24) is 0 Å². The van der Waals surface area contributed by atoms with Crippen LogP contribution in [0.3, 0.4) is 0 Å². The highest BCUT2D eigenvalue weighted by atomic mass is 16.3. The van der Waals surface area contributed by atoms with Crippen LogP contribution in [-0.4, -0.2) is 17.0 Å². The summed E-state index contributed by atoms with van der Waals surface area (Å²) in [5.41, 5.74) is 0. The number of allylic oxidation sites excluding steroid dienone is 3. The second-order valence-electron chi connectivity index (χ2n) is 3.95. The summed E-state index contributed by atoms with van der Waals surface area (Å²) in [6.07, 6.45) is 15.0. The van der Waals surface area contributed by atoms with E-state index in [1.54, 1.807) is 31.2 Å². The maximum atomic E-state index is 10.7. The Bertz CT molecular complexity index is 386. The number of unbranched alkanes of at least 4 members (excludes halogenated alkanes) is 2. The Hall–Kier alpha value is -1.77. The first-order valence-corrected chi connectivity index (χ1v) is 6.09. The summed E-state index contributed by atoms with van der Waals surface area (Å²) in [5.74, 6) is 8.50. The van der Waals surface area contributed by atoms with Crippen molar-refractivity contribution in [1.29, 1.82) is 0 Å². The molecule has 0 aliphatic carbocycles. The lowest BCUT2D eigenvalue weighted by Gasteiger charge is -1.95. The van der Waals surface area contributed by atoms with Gasteiger partial charge in [-0.15, -0.1) is 12.3 Å². The second-order valence-corrected chi connectivity index (χ2v) is 3.95. The van der Waals surface area contributed by atoms with E-state index in [0.717, 1.165) is 19.3 Å². The quantitative estimate of drug-likeness (QED) is 0.424. The highest BCUT2D eigenvalue weighted by Gasteiger charge is 1.92. The average molecular weight is 244 g/mol. The van der Waals surface area contributed by atoms with E-state index < -0.39 is 6.10 Å². The zero-order chi connectivity index (χ0) is 13.6. The zero-order valence-electron chi connectivity index (χ0n) is 10.9. The van der Waals surface area contributed by atoms with E-state index in [9.17, 15) is 9.90 Å². The molecule has 0 aliphatic rings. The minimum absolute atomic E-state index is 0.235. The van der Waals surface area contributed by atoms with Crippen LogP contribution in [-0.2, 0) is 4.79 Å². The lowest BCUT2D eigenvalue weighted by Crippen LogP contribution is -1.98. The summed E-state index contributed by atoms with van der Waals surface area (Å²) in [4.78, 5) is 10.7. The molecule has 0 bridgehead atoms. The van der Waals surface area contributed by atoms with Crippen LogP contribution in [0.4, 0.5) is 0 Å². The standard InChI is InChI=1S/C16H20O2/c1-3-12-16(18)14-11-9-7-5-4-6-8-10-13-15(2)17/h1,7,9,11,14,16,18H,6,8,10,12-13H2,2H3/b9-7+,14-11+/t16-/m1/s1. The molecule has 0 amide bonds. The first kappa shape index (κ1) is 16.2. The number of carbonyl (C=O) groups excluding carboxylic acids is 1. The Morgan fingerprint density at radius 3 is 2.83 bits per heavy atom. The first-order valence-electron chi connectivity index (χ1n) is 6.09. The Labute approximate surface area is 110 Å². The smallest absolute Gasteiger partial charge is 0.129 e. The molecule has 0 radical (unpaired) electrons. The van der Waals surface area contributed by atoms with Gasteiger partial charge in [0.25, 0.3) is 0 Å². The second kappa shape index (κ2) is 11.7. The average Bonchev–Trinajstić information content (AvgIpc) is 2.31. The van der Waals surface area contributed by atoms with E-state index in [-0.39, 0.29) is 5.78 Å². The van der Waals surface area contributed by atoms with Gasteiger partial charge in [0, 0.05) is 19.3 Å². The van der Waals surface area contributed by atoms with Gasteiger partial charge in [-0.2, -0.15) is 0 Å². The number of rotatable bonds is 7. The third-order valence-corrected chi connectivity index (χ3v) is 2.13. The molecule has 0 heterocycles. The fraction of sp³-hybridized carbons (Fsp3) is 0.438. The molecule has 2 heteroatoms. The molecule has 0 saturated heterocycles. The molecule has 0 rings (SSSR count). The molecule has 0 aromatic rings. The van der Waals surface area contributed by atoms with Gasteiger partial charge in [0.2, 0.25) is 0 Å². The fourth-order valence-electron chi connectivity index (χ4n) is 1.20. The molecule has 1 atom stereocenters. The van der Waals surface area contributed by atoms with Crippen molar-refractivity contribution in [3.63, 3.8) is 0 Å².